The minimum Gasteiger partial charge on any atom is -0.493 e. The molecule has 132 valence electrons. The summed E-state index contributed by atoms with van der Waals surface area (Å²) in [6.07, 6.45) is 2.26. The normalized spacial score (nSPS) is 10.2. The van der Waals surface area contributed by atoms with Crippen molar-refractivity contribution < 1.29 is 13.9 Å². The Labute approximate surface area is 157 Å². The SMILES string of the molecule is O=C(NC(=S)Nc1cccc(OCCc2ccccc2)c1)c1ccco1. The zero-order valence-electron chi connectivity index (χ0n) is 14.0. The number of amides is 1. The van der Waals surface area contributed by atoms with Crippen molar-refractivity contribution in [1.82, 2.24) is 5.32 Å². The van der Waals surface area contributed by atoms with Crippen molar-refractivity contribution in [2.75, 3.05) is 11.9 Å². The van der Waals surface area contributed by atoms with Gasteiger partial charge in [0.2, 0.25) is 0 Å². The molecule has 0 spiro atoms. The first-order chi connectivity index (χ1) is 12.7. The number of hydrogen-bond donors (Lipinski definition) is 2. The summed E-state index contributed by atoms with van der Waals surface area (Å²) < 4.78 is 10.8. The zero-order chi connectivity index (χ0) is 18.2. The second-order valence-corrected chi connectivity index (χ2v) is 5.91. The number of nitrogens with one attached hydrogen (secondary N) is 2. The topological polar surface area (TPSA) is 63.5 Å². The van der Waals surface area contributed by atoms with Gasteiger partial charge in [-0.25, -0.2) is 0 Å². The molecule has 0 saturated heterocycles. The number of furan rings is 1. The molecule has 0 bridgehead atoms. The first-order valence-corrected chi connectivity index (χ1v) is 8.54. The molecule has 1 heterocycles. The number of ether oxygens (including phenoxy) is 1. The van der Waals surface area contributed by atoms with E-state index >= 15 is 0 Å². The first-order valence-electron chi connectivity index (χ1n) is 8.13. The van der Waals surface area contributed by atoms with Crippen molar-refractivity contribution in [3.8, 4) is 5.75 Å². The van der Waals surface area contributed by atoms with Gasteiger partial charge in [-0.15, -0.1) is 0 Å². The summed E-state index contributed by atoms with van der Waals surface area (Å²) >= 11 is 5.16. The van der Waals surface area contributed by atoms with E-state index in [-0.39, 0.29) is 10.9 Å². The molecule has 2 N–H and O–H groups in total. The summed E-state index contributed by atoms with van der Waals surface area (Å²) in [6, 6.07) is 20.8. The van der Waals surface area contributed by atoms with E-state index < -0.39 is 5.91 Å². The molecule has 26 heavy (non-hydrogen) atoms. The molecule has 0 aliphatic carbocycles. The van der Waals surface area contributed by atoms with Crippen LogP contribution in [0.2, 0.25) is 0 Å². The number of thiocarbonyl (C=S) groups is 1. The summed E-state index contributed by atoms with van der Waals surface area (Å²) in [6.45, 7) is 0.577. The van der Waals surface area contributed by atoms with E-state index in [1.54, 1.807) is 12.1 Å². The largest absolute Gasteiger partial charge is 0.493 e. The minimum absolute atomic E-state index is 0.188. The molecular weight excluding hydrogens is 348 g/mol. The van der Waals surface area contributed by atoms with Crippen LogP contribution in [0.25, 0.3) is 0 Å². The van der Waals surface area contributed by atoms with Gasteiger partial charge in [0.25, 0.3) is 5.91 Å². The number of carbonyl (C=O) groups excluding carboxylic acids is 1. The highest BCUT2D eigenvalue weighted by Gasteiger charge is 2.10. The molecule has 5 nitrogen and oxygen atoms in total. The fraction of sp³-hybridized carbons (Fsp3) is 0.100. The highest BCUT2D eigenvalue weighted by Crippen LogP contribution is 2.17. The third-order valence-electron chi connectivity index (χ3n) is 3.57. The predicted octanol–water partition coefficient (Wildman–Crippen LogP) is 4.03. The Morgan fingerprint density at radius 2 is 1.88 bits per heavy atom. The van der Waals surface area contributed by atoms with Crippen molar-refractivity contribution in [3.05, 3.63) is 84.3 Å². The number of benzene rings is 2. The van der Waals surface area contributed by atoms with Crippen molar-refractivity contribution >= 4 is 28.9 Å². The maximum Gasteiger partial charge on any atom is 0.293 e. The van der Waals surface area contributed by atoms with Crippen molar-refractivity contribution in [1.29, 1.82) is 0 Å². The molecule has 0 radical (unpaired) electrons. The van der Waals surface area contributed by atoms with E-state index in [1.165, 1.54) is 11.8 Å². The molecule has 3 aromatic rings. The Balaban J connectivity index is 1.50. The molecule has 2 aromatic carbocycles. The Morgan fingerprint density at radius 1 is 1.04 bits per heavy atom. The molecule has 0 aliphatic heterocycles. The molecule has 6 heteroatoms. The van der Waals surface area contributed by atoms with Crippen LogP contribution in [0.3, 0.4) is 0 Å². The highest BCUT2D eigenvalue weighted by molar-refractivity contribution is 7.80. The van der Waals surface area contributed by atoms with Crippen LogP contribution in [-0.2, 0) is 6.42 Å². The standard InChI is InChI=1S/C20H18N2O3S/c23-19(18-10-5-12-25-18)22-20(26)21-16-8-4-9-17(14-16)24-13-11-15-6-2-1-3-7-15/h1-10,12,14H,11,13H2,(H2,21,22,23,26). The number of rotatable bonds is 6. The molecule has 0 aliphatic rings. The van der Waals surface area contributed by atoms with E-state index in [0.29, 0.717) is 6.61 Å². The second kappa shape index (κ2) is 8.82. The Bertz CT molecular complexity index is 864. The minimum atomic E-state index is -0.400. The van der Waals surface area contributed by atoms with E-state index in [0.717, 1.165) is 17.9 Å². The number of anilines is 1. The van der Waals surface area contributed by atoms with Crippen LogP contribution in [0.1, 0.15) is 16.1 Å². The lowest BCUT2D eigenvalue weighted by Gasteiger charge is -2.11. The quantitative estimate of drug-likeness (QED) is 0.645. The van der Waals surface area contributed by atoms with Crippen LogP contribution in [0.4, 0.5) is 5.69 Å². The van der Waals surface area contributed by atoms with Crippen molar-refractivity contribution in [2.24, 2.45) is 0 Å². The fourth-order valence-electron chi connectivity index (χ4n) is 2.33. The molecular formula is C20H18N2O3S. The lowest BCUT2D eigenvalue weighted by Crippen LogP contribution is -2.33. The lowest BCUT2D eigenvalue weighted by molar-refractivity contribution is 0.0950. The van der Waals surface area contributed by atoms with Gasteiger partial charge in [-0.2, -0.15) is 0 Å². The van der Waals surface area contributed by atoms with Gasteiger partial charge in [-0.05, 0) is 42.0 Å². The van der Waals surface area contributed by atoms with E-state index in [1.807, 2.05) is 42.5 Å². The smallest absolute Gasteiger partial charge is 0.293 e. The van der Waals surface area contributed by atoms with Crippen LogP contribution in [0.5, 0.6) is 5.75 Å². The van der Waals surface area contributed by atoms with Gasteiger partial charge in [0, 0.05) is 18.2 Å². The van der Waals surface area contributed by atoms with Gasteiger partial charge >= 0.3 is 0 Å². The molecule has 0 saturated carbocycles. The number of hydrogen-bond acceptors (Lipinski definition) is 4. The summed E-state index contributed by atoms with van der Waals surface area (Å²) in [5.41, 5.74) is 1.95. The van der Waals surface area contributed by atoms with Crippen molar-refractivity contribution in [3.63, 3.8) is 0 Å². The summed E-state index contributed by atoms with van der Waals surface area (Å²) in [5, 5.41) is 5.71. The van der Waals surface area contributed by atoms with E-state index in [2.05, 4.69) is 22.8 Å². The maximum atomic E-state index is 11.9. The average Bonchev–Trinajstić information content (AvgIpc) is 3.18. The maximum absolute atomic E-state index is 11.9. The molecule has 0 fully saturated rings. The van der Waals surface area contributed by atoms with Gasteiger partial charge in [-0.1, -0.05) is 36.4 Å². The average molecular weight is 366 g/mol. The van der Waals surface area contributed by atoms with E-state index in [4.69, 9.17) is 21.4 Å². The van der Waals surface area contributed by atoms with Crippen LogP contribution >= 0.6 is 12.2 Å². The summed E-state index contributed by atoms with van der Waals surface area (Å²) in [4.78, 5) is 11.9. The zero-order valence-corrected chi connectivity index (χ0v) is 14.8. The third kappa shape index (κ3) is 5.19. The third-order valence-corrected chi connectivity index (χ3v) is 3.77. The Morgan fingerprint density at radius 3 is 2.65 bits per heavy atom. The van der Waals surface area contributed by atoms with E-state index in [9.17, 15) is 4.79 Å². The van der Waals surface area contributed by atoms with Gasteiger partial charge in [0.15, 0.2) is 10.9 Å². The molecule has 1 aromatic heterocycles. The lowest BCUT2D eigenvalue weighted by atomic mass is 10.2. The van der Waals surface area contributed by atoms with Crippen LogP contribution in [-0.4, -0.2) is 17.6 Å². The predicted molar refractivity (Wildman–Crippen MR) is 104 cm³/mol. The molecule has 3 rings (SSSR count). The van der Waals surface area contributed by atoms with Gasteiger partial charge < -0.3 is 14.5 Å². The molecule has 0 atom stereocenters. The first kappa shape index (κ1) is 17.7. The Hall–Kier alpha value is -3.12. The summed E-state index contributed by atoms with van der Waals surface area (Å²) in [7, 11) is 0. The van der Waals surface area contributed by atoms with Gasteiger partial charge in [0.05, 0.1) is 12.9 Å². The monoisotopic (exact) mass is 366 g/mol. The van der Waals surface area contributed by atoms with Crippen molar-refractivity contribution in [2.45, 2.75) is 6.42 Å². The molecule has 0 unspecified atom stereocenters. The van der Waals surface area contributed by atoms with Gasteiger partial charge in [0.1, 0.15) is 5.75 Å². The van der Waals surface area contributed by atoms with Crippen LogP contribution < -0.4 is 15.4 Å². The van der Waals surface area contributed by atoms with Crippen LogP contribution in [0.15, 0.2) is 77.4 Å². The second-order valence-electron chi connectivity index (χ2n) is 5.50. The summed E-state index contributed by atoms with van der Waals surface area (Å²) in [5.74, 6) is 0.529. The van der Waals surface area contributed by atoms with Crippen LogP contribution in [0, 0.1) is 0 Å². The number of carbonyl (C=O) groups is 1. The van der Waals surface area contributed by atoms with Gasteiger partial charge in [-0.3, -0.25) is 10.1 Å². The molecule has 1 amide bonds. The Kier molecular flexibility index (Phi) is 6.01. The highest BCUT2D eigenvalue weighted by atomic mass is 32.1. The fourth-order valence-corrected chi connectivity index (χ4v) is 2.54.